The van der Waals surface area contributed by atoms with Crippen LogP contribution in [-0.4, -0.2) is 23.0 Å². The zero-order chi connectivity index (χ0) is 11.6. The van der Waals surface area contributed by atoms with Crippen LogP contribution >= 0.6 is 11.8 Å². The summed E-state index contributed by atoms with van der Waals surface area (Å²) < 4.78 is 14.2. The molecule has 0 amide bonds. The lowest BCUT2D eigenvalue weighted by Crippen LogP contribution is -2.25. The van der Waals surface area contributed by atoms with E-state index < -0.39 is 5.67 Å². The number of rotatable bonds is 3. The van der Waals surface area contributed by atoms with Crippen molar-refractivity contribution in [3.8, 4) is 0 Å². The Bertz CT molecular complexity index is 397. The van der Waals surface area contributed by atoms with E-state index in [2.05, 4.69) is 0 Å². The molecule has 1 nitrogen and oxygen atoms in total. The zero-order valence-electron chi connectivity index (χ0n) is 9.33. The Kier molecular flexibility index (Phi) is 3.33. The van der Waals surface area contributed by atoms with Gasteiger partial charge in [0.2, 0.25) is 0 Å². The maximum Gasteiger partial charge on any atom is 0.159 e. The van der Waals surface area contributed by atoms with Crippen LogP contribution in [0.1, 0.15) is 29.3 Å². The minimum Gasteiger partial charge on any atom is -0.295 e. The van der Waals surface area contributed by atoms with Crippen molar-refractivity contribution in [1.29, 1.82) is 0 Å². The van der Waals surface area contributed by atoms with Gasteiger partial charge in [-0.15, -0.1) is 0 Å². The standard InChI is InChI=1S/C13H15FOS/c1-10(15)12-4-2-3-11(7-12)8-13(14)5-6-16-9-13/h2-4,7H,5-6,8-9H2,1H3. The molecule has 16 heavy (non-hydrogen) atoms. The molecule has 86 valence electrons. The molecule has 0 spiro atoms. The lowest BCUT2D eigenvalue weighted by Gasteiger charge is -2.18. The summed E-state index contributed by atoms with van der Waals surface area (Å²) in [5.41, 5.74) is 0.532. The molecule has 1 heterocycles. The van der Waals surface area contributed by atoms with Crippen LogP contribution < -0.4 is 0 Å². The molecule has 2 rings (SSSR count). The largest absolute Gasteiger partial charge is 0.295 e. The van der Waals surface area contributed by atoms with Gasteiger partial charge in [0.15, 0.2) is 5.78 Å². The summed E-state index contributed by atoms with van der Waals surface area (Å²) in [5, 5.41) is 0. The van der Waals surface area contributed by atoms with Gasteiger partial charge in [0.1, 0.15) is 5.67 Å². The van der Waals surface area contributed by atoms with E-state index in [1.807, 2.05) is 18.2 Å². The number of carbonyl (C=O) groups excluding carboxylic acids is 1. The fraction of sp³-hybridized carbons (Fsp3) is 0.462. The summed E-state index contributed by atoms with van der Waals surface area (Å²) in [4.78, 5) is 11.2. The number of ketones is 1. The molecule has 1 aromatic rings. The van der Waals surface area contributed by atoms with Crippen LogP contribution in [0.2, 0.25) is 0 Å². The molecule has 1 unspecified atom stereocenters. The maximum atomic E-state index is 14.2. The fourth-order valence-electron chi connectivity index (χ4n) is 1.99. The van der Waals surface area contributed by atoms with Gasteiger partial charge in [-0.1, -0.05) is 18.2 Å². The van der Waals surface area contributed by atoms with Gasteiger partial charge in [-0.25, -0.2) is 4.39 Å². The van der Waals surface area contributed by atoms with Gasteiger partial charge in [-0.2, -0.15) is 11.8 Å². The van der Waals surface area contributed by atoms with Crippen LogP contribution in [0, 0.1) is 0 Å². The summed E-state index contributed by atoms with van der Waals surface area (Å²) in [6.07, 6.45) is 1.06. The highest BCUT2D eigenvalue weighted by Gasteiger charge is 2.34. The van der Waals surface area contributed by atoms with E-state index in [-0.39, 0.29) is 5.78 Å². The van der Waals surface area contributed by atoms with Crippen molar-refractivity contribution in [2.24, 2.45) is 0 Å². The zero-order valence-corrected chi connectivity index (χ0v) is 10.1. The number of Topliss-reactive ketones (excluding diaryl/α,β-unsaturated/α-hetero) is 1. The van der Waals surface area contributed by atoms with Gasteiger partial charge in [0.05, 0.1) is 0 Å². The van der Waals surface area contributed by atoms with Gasteiger partial charge in [-0.3, -0.25) is 4.79 Å². The van der Waals surface area contributed by atoms with Crippen LogP contribution in [0.4, 0.5) is 4.39 Å². The molecule has 0 aliphatic carbocycles. The molecular weight excluding hydrogens is 223 g/mol. The molecule has 1 aliphatic heterocycles. The Morgan fingerprint density at radius 3 is 3.00 bits per heavy atom. The van der Waals surface area contributed by atoms with Crippen molar-refractivity contribution in [2.45, 2.75) is 25.4 Å². The summed E-state index contributed by atoms with van der Waals surface area (Å²) in [7, 11) is 0. The molecule has 1 atom stereocenters. The molecule has 0 aromatic heterocycles. The first-order valence-corrected chi connectivity index (χ1v) is 6.61. The Morgan fingerprint density at radius 1 is 1.56 bits per heavy atom. The summed E-state index contributed by atoms with van der Waals surface area (Å²) in [6, 6.07) is 7.32. The first-order valence-electron chi connectivity index (χ1n) is 5.46. The van der Waals surface area contributed by atoms with E-state index in [9.17, 15) is 9.18 Å². The lowest BCUT2D eigenvalue weighted by molar-refractivity contribution is 0.101. The Balaban J connectivity index is 2.15. The van der Waals surface area contributed by atoms with Crippen molar-refractivity contribution in [3.05, 3.63) is 35.4 Å². The van der Waals surface area contributed by atoms with E-state index in [0.29, 0.717) is 24.2 Å². The molecule has 0 N–H and O–H groups in total. The molecule has 0 bridgehead atoms. The van der Waals surface area contributed by atoms with E-state index in [1.165, 1.54) is 6.92 Å². The number of hydrogen-bond donors (Lipinski definition) is 0. The van der Waals surface area contributed by atoms with E-state index in [4.69, 9.17) is 0 Å². The number of benzene rings is 1. The summed E-state index contributed by atoms with van der Waals surface area (Å²) in [5.74, 6) is 1.52. The minimum absolute atomic E-state index is 0.0376. The van der Waals surface area contributed by atoms with E-state index in [0.717, 1.165) is 11.3 Å². The Hall–Kier alpha value is -0.830. The smallest absolute Gasteiger partial charge is 0.159 e. The van der Waals surface area contributed by atoms with Crippen LogP contribution in [0.15, 0.2) is 24.3 Å². The third kappa shape index (κ3) is 2.64. The van der Waals surface area contributed by atoms with Gasteiger partial charge in [0.25, 0.3) is 0 Å². The Labute approximate surface area is 99.4 Å². The second-order valence-corrected chi connectivity index (χ2v) is 5.49. The van der Waals surface area contributed by atoms with Gasteiger partial charge in [0, 0.05) is 17.7 Å². The maximum absolute atomic E-state index is 14.2. The van der Waals surface area contributed by atoms with Crippen LogP contribution in [0.3, 0.4) is 0 Å². The lowest BCUT2D eigenvalue weighted by atomic mass is 9.94. The Morgan fingerprint density at radius 2 is 2.38 bits per heavy atom. The molecular formula is C13H15FOS. The number of halogens is 1. The van der Waals surface area contributed by atoms with Crippen molar-refractivity contribution in [3.63, 3.8) is 0 Å². The minimum atomic E-state index is -1.07. The first kappa shape index (κ1) is 11.6. The normalized spacial score (nSPS) is 24.6. The number of hydrogen-bond acceptors (Lipinski definition) is 2. The second kappa shape index (κ2) is 4.58. The predicted molar refractivity (Wildman–Crippen MR) is 65.9 cm³/mol. The SMILES string of the molecule is CC(=O)c1cccc(CC2(F)CCSC2)c1. The predicted octanol–water partition coefficient (Wildman–Crippen LogP) is 3.28. The fourth-order valence-corrected chi connectivity index (χ4v) is 3.25. The average Bonchev–Trinajstić information content (AvgIpc) is 2.65. The number of carbonyl (C=O) groups is 1. The highest BCUT2D eigenvalue weighted by Crippen LogP contribution is 2.34. The third-order valence-corrected chi connectivity index (χ3v) is 4.12. The van der Waals surface area contributed by atoms with Gasteiger partial charge in [-0.05, 0) is 30.7 Å². The number of alkyl halides is 1. The van der Waals surface area contributed by atoms with Crippen molar-refractivity contribution in [1.82, 2.24) is 0 Å². The quantitative estimate of drug-likeness (QED) is 0.752. The molecule has 1 saturated heterocycles. The van der Waals surface area contributed by atoms with E-state index >= 15 is 0 Å². The summed E-state index contributed by atoms with van der Waals surface area (Å²) >= 11 is 1.67. The van der Waals surface area contributed by atoms with Crippen LogP contribution in [0.5, 0.6) is 0 Å². The topological polar surface area (TPSA) is 17.1 Å². The van der Waals surface area contributed by atoms with Gasteiger partial charge >= 0.3 is 0 Å². The molecule has 1 fully saturated rings. The van der Waals surface area contributed by atoms with Crippen LogP contribution in [0.25, 0.3) is 0 Å². The first-order chi connectivity index (χ1) is 7.59. The molecule has 0 saturated carbocycles. The average molecular weight is 238 g/mol. The molecule has 0 radical (unpaired) electrons. The highest BCUT2D eigenvalue weighted by atomic mass is 32.2. The highest BCUT2D eigenvalue weighted by molar-refractivity contribution is 7.99. The number of thioether (sulfide) groups is 1. The van der Waals surface area contributed by atoms with Crippen molar-refractivity contribution < 1.29 is 9.18 Å². The van der Waals surface area contributed by atoms with E-state index in [1.54, 1.807) is 17.8 Å². The second-order valence-electron chi connectivity index (χ2n) is 4.39. The van der Waals surface area contributed by atoms with Gasteiger partial charge < -0.3 is 0 Å². The van der Waals surface area contributed by atoms with Crippen LogP contribution in [-0.2, 0) is 6.42 Å². The molecule has 1 aromatic carbocycles. The monoisotopic (exact) mass is 238 g/mol. The third-order valence-electron chi connectivity index (χ3n) is 2.91. The summed E-state index contributed by atoms with van der Waals surface area (Å²) in [6.45, 7) is 1.54. The molecule has 1 aliphatic rings. The molecule has 3 heteroatoms. The van der Waals surface area contributed by atoms with Crippen molar-refractivity contribution in [2.75, 3.05) is 11.5 Å². The van der Waals surface area contributed by atoms with Crippen molar-refractivity contribution >= 4 is 17.5 Å².